The summed E-state index contributed by atoms with van der Waals surface area (Å²) in [6.07, 6.45) is 4.13. The molecule has 21 heavy (non-hydrogen) atoms. The van der Waals surface area contributed by atoms with Crippen molar-refractivity contribution in [2.45, 2.75) is 25.0 Å². The van der Waals surface area contributed by atoms with Gasteiger partial charge in [0.15, 0.2) is 0 Å². The zero-order valence-electron chi connectivity index (χ0n) is 11.6. The van der Waals surface area contributed by atoms with Gasteiger partial charge in [-0.1, -0.05) is 0 Å². The Morgan fingerprint density at radius 3 is 3.29 bits per heavy atom. The highest BCUT2D eigenvalue weighted by molar-refractivity contribution is 9.10. The van der Waals surface area contributed by atoms with Gasteiger partial charge in [-0.2, -0.15) is 0 Å². The van der Waals surface area contributed by atoms with Crippen LogP contribution in [0.1, 0.15) is 23.2 Å². The second-order valence-corrected chi connectivity index (χ2v) is 6.40. The molecule has 0 amide bonds. The summed E-state index contributed by atoms with van der Waals surface area (Å²) < 4.78 is 6.50. The largest absolute Gasteiger partial charge is 0.478 e. The molecule has 0 radical (unpaired) electrons. The molecule has 0 spiro atoms. The Balaban J connectivity index is 1.61. The number of hydrogen-bond acceptors (Lipinski definition) is 5. The summed E-state index contributed by atoms with van der Waals surface area (Å²) in [5, 5.41) is 12.3. The highest BCUT2D eigenvalue weighted by Crippen LogP contribution is 2.23. The summed E-state index contributed by atoms with van der Waals surface area (Å²) in [6, 6.07) is 2.12. The summed E-state index contributed by atoms with van der Waals surface area (Å²) in [6.45, 7) is 3.38. The molecule has 0 saturated carbocycles. The Bertz CT molecular complexity index is 540. The molecule has 2 fully saturated rings. The smallest absolute Gasteiger partial charge is 0.339 e. The van der Waals surface area contributed by atoms with Crippen molar-refractivity contribution in [2.24, 2.45) is 0 Å². The molecule has 7 heteroatoms. The molecule has 6 nitrogen and oxygen atoms in total. The Labute approximate surface area is 131 Å². The first-order chi connectivity index (χ1) is 10.1. The fraction of sp³-hybridized carbons (Fsp3) is 0.571. The van der Waals surface area contributed by atoms with Crippen LogP contribution in [0.4, 0.5) is 5.82 Å². The lowest BCUT2D eigenvalue weighted by Crippen LogP contribution is -2.48. The number of fused-ring (bicyclic) bond motifs is 1. The van der Waals surface area contributed by atoms with Gasteiger partial charge in [0.2, 0.25) is 0 Å². The average molecular weight is 356 g/mol. The predicted octanol–water partition coefficient (Wildman–Crippen LogP) is 1.82. The molecule has 0 aliphatic carbocycles. The van der Waals surface area contributed by atoms with Crippen molar-refractivity contribution >= 4 is 27.7 Å². The number of halogens is 1. The minimum absolute atomic E-state index is 0.0754. The van der Waals surface area contributed by atoms with E-state index in [1.165, 1.54) is 12.8 Å². The monoisotopic (exact) mass is 355 g/mol. The molecular weight excluding hydrogens is 338 g/mol. The molecule has 2 N–H and O–H groups in total. The van der Waals surface area contributed by atoms with Crippen LogP contribution in [0.25, 0.3) is 0 Å². The van der Waals surface area contributed by atoms with E-state index in [9.17, 15) is 9.90 Å². The summed E-state index contributed by atoms with van der Waals surface area (Å²) >= 11 is 3.24. The standard InChI is InChI=1S/C14H18BrN3O3/c15-9-4-12(14(19)20)13(16-5-9)17-6-11-7-18-3-1-2-10(18)8-21-11/h4-5,10-11H,1-3,6-8H2,(H,16,17)(H,19,20). The number of nitrogens with one attached hydrogen (secondary N) is 1. The molecule has 2 atom stereocenters. The van der Waals surface area contributed by atoms with E-state index in [2.05, 4.69) is 31.1 Å². The van der Waals surface area contributed by atoms with Gasteiger partial charge in [0.05, 0.1) is 12.7 Å². The summed E-state index contributed by atoms with van der Waals surface area (Å²) in [5.41, 5.74) is 0.166. The normalized spacial score (nSPS) is 25.6. The van der Waals surface area contributed by atoms with Crippen LogP contribution in [0.5, 0.6) is 0 Å². The van der Waals surface area contributed by atoms with E-state index in [1.807, 2.05) is 0 Å². The van der Waals surface area contributed by atoms with Crippen LogP contribution in [0.3, 0.4) is 0 Å². The Hall–Kier alpha value is -1.18. The second kappa shape index (κ2) is 6.29. The number of carbonyl (C=O) groups is 1. The lowest BCUT2D eigenvalue weighted by molar-refractivity contribution is -0.0416. The van der Waals surface area contributed by atoms with Gasteiger partial charge in [-0.25, -0.2) is 9.78 Å². The fourth-order valence-corrected chi connectivity index (χ4v) is 3.29. The Morgan fingerprint density at radius 2 is 2.48 bits per heavy atom. The number of hydrogen-bond donors (Lipinski definition) is 2. The van der Waals surface area contributed by atoms with Crippen molar-refractivity contribution in [2.75, 3.05) is 31.6 Å². The van der Waals surface area contributed by atoms with Gasteiger partial charge >= 0.3 is 5.97 Å². The summed E-state index contributed by atoms with van der Waals surface area (Å²) in [4.78, 5) is 17.8. The Morgan fingerprint density at radius 1 is 1.62 bits per heavy atom. The second-order valence-electron chi connectivity index (χ2n) is 5.48. The summed E-state index contributed by atoms with van der Waals surface area (Å²) in [5.74, 6) is -0.603. The number of nitrogens with zero attached hydrogens (tertiary/aromatic N) is 2. The van der Waals surface area contributed by atoms with Crippen LogP contribution in [0.2, 0.25) is 0 Å². The SMILES string of the molecule is O=C(O)c1cc(Br)cnc1NCC1CN2CCCC2CO1. The van der Waals surface area contributed by atoms with Crippen molar-refractivity contribution in [1.82, 2.24) is 9.88 Å². The average Bonchev–Trinajstić information content (AvgIpc) is 2.93. The molecule has 2 saturated heterocycles. The number of rotatable bonds is 4. The van der Waals surface area contributed by atoms with Gasteiger partial charge in [-0.3, -0.25) is 4.90 Å². The van der Waals surface area contributed by atoms with E-state index in [-0.39, 0.29) is 11.7 Å². The maximum atomic E-state index is 11.2. The number of carboxylic acids is 1. The van der Waals surface area contributed by atoms with Crippen molar-refractivity contribution in [1.29, 1.82) is 0 Å². The molecule has 3 heterocycles. The first kappa shape index (κ1) is 14.7. The van der Waals surface area contributed by atoms with Gasteiger partial charge < -0.3 is 15.2 Å². The number of pyridine rings is 1. The van der Waals surface area contributed by atoms with Crippen LogP contribution in [-0.4, -0.2) is 59.3 Å². The molecule has 114 valence electrons. The van der Waals surface area contributed by atoms with Crippen molar-refractivity contribution < 1.29 is 14.6 Å². The molecule has 3 rings (SSSR count). The first-order valence-corrected chi connectivity index (χ1v) is 7.91. The Kier molecular flexibility index (Phi) is 4.42. The number of ether oxygens (including phenoxy) is 1. The molecule has 2 aliphatic rings. The highest BCUT2D eigenvalue weighted by Gasteiger charge is 2.32. The van der Waals surface area contributed by atoms with E-state index in [0.717, 1.165) is 19.7 Å². The van der Waals surface area contributed by atoms with Crippen LogP contribution < -0.4 is 5.32 Å². The third-order valence-electron chi connectivity index (χ3n) is 4.04. The number of morpholine rings is 1. The summed E-state index contributed by atoms with van der Waals surface area (Å²) in [7, 11) is 0. The van der Waals surface area contributed by atoms with Gasteiger partial charge in [-0.05, 0) is 41.4 Å². The third-order valence-corrected chi connectivity index (χ3v) is 4.48. The third kappa shape index (κ3) is 3.36. The predicted molar refractivity (Wildman–Crippen MR) is 81.7 cm³/mol. The van der Waals surface area contributed by atoms with Crippen LogP contribution in [0.15, 0.2) is 16.7 Å². The topological polar surface area (TPSA) is 74.7 Å². The molecule has 2 unspecified atom stereocenters. The zero-order valence-corrected chi connectivity index (χ0v) is 13.2. The van der Waals surface area contributed by atoms with Crippen molar-refractivity contribution in [3.05, 3.63) is 22.3 Å². The molecule has 1 aromatic rings. The fourth-order valence-electron chi connectivity index (χ4n) is 2.96. The molecule has 1 aromatic heterocycles. The number of aromatic nitrogens is 1. The maximum absolute atomic E-state index is 11.2. The number of aromatic carboxylic acids is 1. The molecule has 2 aliphatic heterocycles. The molecule has 0 aromatic carbocycles. The maximum Gasteiger partial charge on any atom is 0.339 e. The molecular formula is C14H18BrN3O3. The van der Waals surface area contributed by atoms with Crippen molar-refractivity contribution in [3.63, 3.8) is 0 Å². The van der Waals surface area contributed by atoms with Crippen LogP contribution in [0, 0.1) is 0 Å². The van der Waals surface area contributed by atoms with E-state index in [4.69, 9.17) is 4.74 Å². The zero-order chi connectivity index (χ0) is 14.8. The van der Waals surface area contributed by atoms with Crippen molar-refractivity contribution in [3.8, 4) is 0 Å². The van der Waals surface area contributed by atoms with Gasteiger partial charge in [0.25, 0.3) is 0 Å². The van der Waals surface area contributed by atoms with E-state index in [0.29, 0.717) is 22.9 Å². The van der Waals surface area contributed by atoms with Gasteiger partial charge in [-0.15, -0.1) is 0 Å². The first-order valence-electron chi connectivity index (χ1n) is 7.12. The van der Waals surface area contributed by atoms with E-state index >= 15 is 0 Å². The minimum Gasteiger partial charge on any atom is -0.478 e. The van der Waals surface area contributed by atoms with Gasteiger partial charge in [0, 0.05) is 29.8 Å². The highest BCUT2D eigenvalue weighted by atomic mass is 79.9. The van der Waals surface area contributed by atoms with Crippen LogP contribution >= 0.6 is 15.9 Å². The molecule has 0 bridgehead atoms. The number of carboxylic acid groups (broad SMARTS) is 1. The van der Waals surface area contributed by atoms with Gasteiger partial charge in [0.1, 0.15) is 11.4 Å². The quantitative estimate of drug-likeness (QED) is 0.857. The van der Waals surface area contributed by atoms with E-state index < -0.39 is 5.97 Å². The van der Waals surface area contributed by atoms with E-state index in [1.54, 1.807) is 12.3 Å². The lowest BCUT2D eigenvalue weighted by atomic mass is 10.2. The minimum atomic E-state index is -0.990. The lowest BCUT2D eigenvalue weighted by Gasteiger charge is -2.35. The number of anilines is 1. The van der Waals surface area contributed by atoms with Crippen LogP contribution in [-0.2, 0) is 4.74 Å².